The highest BCUT2D eigenvalue weighted by atomic mass is 16.1. The van der Waals surface area contributed by atoms with E-state index in [1.165, 1.54) is 6.42 Å². The van der Waals surface area contributed by atoms with Crippen molar-refractivity contribution >= 4 is 22.9 Å². The molecule has 0 radical (unpaired) electrons. The van der Waals surface area contributed by atoms with E-state index in [0.717, 1.165) is 36.1 Å². The lowest BCUT2D eigenvalue weighted by molar-refractivity contribution is 0.102. The average Bonchev–Trinajstić information content (AvgIpc) is 3.24. The van der Waals surface area contributed by atoms with Gasteiger partial charge in [0.15, 0.2) is 0 Å². The highest BCUT2D eigenvalue weighted by Crippen LogP contribution is 2.22. The van der Waals surface area contributed by atoms with Gasteiger partial charge >= 0.3 is 0 Å². The molecule has 0 aliphatic carbocycles. The number of carbonyl (C=O) groups excluding carboxylic acids is 1. The smallest absolute Gasteiger partial charge is 0.257 e. The van der Waals surface area contributed by atoms with E-state index in [1.807, 2.05) is 49.4 Å². The van der Waals surface area contributed by atoms with Gasteiger partial charge < -0.3 is 9.88 Å². The number of hydrogen-bond acceptors (Lipinski definition) is 3. The Balaban J connectivity index is 1.66. The van der Waals surface area contributed by atoms with Crippen LogP contribution in [0.5, 0.6) is 0 Å². The number of aromatic nitrogens is 2. The second-order valence-electron chi connectivity index (χ2n) is 6.65. The number of nitrogens with zero attached hydrogens (tertiary/aromatic N) is 2. The quantitative estimate of drug-likeness (QED) is 0.769. The molecule has 4 rings (SSSR count). The first-order valence-corrected chi connectivity index (χ1v) is 8.77. The van der Waals surface area contributed by atoms with Crippen molar-refractivity contribution in [2.45, 2.75) is 32.4 Å². The second-order valence-corrected chi connectivity index (χ2v) is 6.65. The molecule has 1 aromatic heterocycles. The monoisotopic (exact) mass is 334 g/mol. The minimum atomic E-state index is -0.125. The van der Waals surface area contributed by atoms with E-state index in [-0.39, 0.29) is 5.91 Å². The van der Waals surface area contributed by atoms with Crippen LogP contribution >= 0.6 is 0 Å². The molecule has 1 saturated heterocycles. The summed E-state index contributed by atoms with van der Waals surface area (Å²) in [5, 5.41) is 6.52. The molecular weight excluding hydrogens is 312 g/mol. The van der Waals surface area contributed by atoms with E-state index < -0.39 is 0 Å². The molecule has 1 fully saturated rings. The van der Waals surface area contributed by atoms with Crippen LogP contribution in [-0.2, 0) is 6.54 Å². The Bertz CT molecular complexity index is 909. The predicted octanol–water partition coefficient (Wildman–Crippen LogP) is 3.35. The number of aryl methyl sites for hydroxylation is 1. The highest BCUT2D eigenvalue weighted by molar-refractivity contribution is 6.04. The van der Waals surface area contributed by atoms with Gasteiger partial charge in [-0.15, -0.1) is 0 Å². The molecule has 1 aliphatic rings. The van der Waals surface area contributed by atoms with Crippen molar-refractivity contribution < 1.29 is 4.79 Å². The fourth-order valence-electron chi connectivity index (χ4n) is 3.45. The molecule has 1 unspecified atom stereocenters. The first-order chi connectivity index (χ1) is 12.2. The molecule has 0 saturated carbocycles. The lowest BCUT2D eigenvalue weighted by Gasteiger charge is -2.15. The van der Waals surface area contributed by atoms with Crippen LogP contribution in [0.3, 0.4) is 0 Å². The standard InChI is InChI=1S/C20H22N4O/c1-14-6-4-7-15(12-14)19(25)23-20-22-17-9-2-3-10-18(17)24(20)13-16-8-5-11-21-16/h2-4,6-7,9-10,12,16,21H,5,8,11,13H2,1H3,(H,22,23,25). The van der Waals surface area contributed by atoms with Gasteiger partial charge in [-0.1, -0.05) is 29.8 Å². The molecule has 5 heteroatoms. The van der Waals surface area contributed by atoms with Gasteiger partial charge in [-0.3, -0.25) is 10.1 Å². The van der Waals surface area contributed by atoms with Crippen molar-refractivity contribution in [3.63, 3.8) is 0 Å². The van der Waals surface area contributed by atoms with Gasteiger partial charge in [0.1, 0.15) is 0 Å². The summed E-state index contributed by atoms with van der Waals surface area (Å²) in [4.78, 5) is 17.3. The van der Waals surface area contributed by atoms with Crippen molar-refractivity contribution in [2.75, 3.05) is 11.9 Å². The molecule has 2 N–H and O–H groups in total. The topological polar surface area (TPSA) is 59.0 Å². The van der Waals surface area contributed by atoms with Crippen molar-refractivity contribution in [3.8, 4) is 0 Å². The highest BCUT2D eigenvalue weighted by Gasteiger charge is 2.20. The van der Waals surface area contributed by atoms with E-state index >= 15 is 0 Å². The SMILES string of the molecule is Cc1cccc(C(=O)Nc2nc3ccccc3n2CC2CCCN2)c1. The summed E-state index contributed by atoms with van der Waals surface area (Å²) in [6, 6.07) is 16.0. The number of rotatable bonds is 4. The Labute approximate surface area is 147 Å². The number of amides is 1. The average molecular weight is 334 g/mol. The third-order valence-corrected chi connectivity index (χ3v) is 4.73. The predicted molar refractivity (Wildman–Crippen MR) is 99.9 cm³/mol. The van der Waals surface area contributed by atoms with Crippen molar-refractivity contribution in [2.24, 2.45) is 0 Å². The van der Waals surface area contributed by atoms with Gasteiger partial charge in [0, 0.05) is 18.2 Å². The summed E-state index contributed by atoms with van der Waals surface area (Å²) < 4.78 is 2.12. The minimum absolute atomic E-state index is 0.125. The maximum Gasteiger partial charge on any atom is 0.257 e. The zero-order chi connectivity index (χ0) is 17.2. The summed E-state index contributed by atoms with van der Waals surface area (Å²) in [7, 11) is 0. The number of nitrogens with one attached hydrogen (secondary N) is 2. The molecule has 0 bridgehead atoms. The number of carbonyl (C=O) groups is 1. The fourth-order valence-corrected chi connectivity index (χ4v) is 3.45. The number of benzene rings is 2. The third-order valence-electron chi connectivity index (χ3n) is 4.73. The van der Waals surface area contributed by atoms with Crippen LogP contribution < -0.4 is 10.6 Å². The van der Waals surface area contributed by atoms with E-state index in [1.54, 1.807) is 0 Å². The Morgan fingerprint density at radius 2 is 2.16 bits per heavy atom. The number of anilines is 1. The van der Waals surface area contributed by atoms with Crippen LogP contribution in [0.25, 0.3) is 11.0 Å². The van der Waals surface area contributed by atoms with Crippen LogP contribution in [-0.4, -0.2) is 28.0 Å². The maximum absolute atomic E-state index is 12.7. The zero-order valence-electron chi connectivity index (χ0n) is 14.3. The minimum Gasteiger partial charge on any atom is -0.312 e. The van der Waals surface area contributed by atoms with Gasteiger partial charge in [0.05, 0.1) is 11.0 Å². The van der Waals surface area contributed by atoms with Crippen LogP contribution in [0.2, 0.25) is 0 Å². The van der Waals surface area contributed by atoms with Gasteiger partial charge in [0.25, 0.3) is 5.91 Å². The Morgan fingerprint density at radius 3 is 2.96 bits per heavy atom. The Hall–Kier alpha value is -2.66. The van der Waals surface area contributed by atoms with Crippen molar-refractivity contribution in [3.05, 3.63) is 59.7 Å². The molecule has 0 spiro atoms. The number of para-hydroxylation sites is 2. The molecule has 1 amide bonds. The first-order valence-electron chi connectivity index (χ1n) is 8.77. The van der Waals surface area contributed by atoms with E-state index in [0.29, 0.717) is 17.6 Å². The number of fused-ring (bicyclic) bond motifs is 1. The van der Waals surface area contributed by atoms with E-state index in [2.05, 4.69) is 26.3 Å². The number of imidazole rings is 1. The number of hydrogen-bond donors (Lipinski definition) is 2. The molecule has 3 aromatic rings. The first kappa shape index (κ1) is 15.8. The third kappa shape index (κ3) is 3.28. The lowest BCUT2D eigenvalue weighted by Crippen LogP contribution is -2.28. The van der Waals surface area contributed by atoms with Crippen LogP contribution in [0.1, 0.15) is 28.8 Å². The van der Waals surface area contributed by atoms with Crippen LogP contribution in [0, 0.1) is 6.92 Å². The summed E-state index contributed by atoms with van der Waals surface area (Å²) in [5.74, 6) is 0.487. The summed E-state index contributed by atoms with van der Waals surface area (Å²) in [5.41, 5.74) is 3.67. The van der Waals surface area contributed by atoms with Crippen molar-refractivity contribution in [1.29, 1.82) is 0 Å². The lowest BCUT2D eigenvalue weighted by atomic mass is 10.1. The fraction of sp³-hybridized carbons (Fsp3) is 0.300. The molecule has 2 aromatic carbocycles. The second kappa shape index (κ2) is 6.69. The normalized spacial score (nSPS) is 17.1. The Kier molecular flexibility index (Phi) is 4.24. The van der Waals surface area contributed by atoms with Gasteiger partial charge in [-0.2, -0.15) is 0 Å². The van der Waals surface area contributed by atoms with Gasteiger partial charge in [-0.25, -0.2) is 4.98 Å². The van der Waals surface area contributed by atoms with Gasteiger partial charge in [-0.05, 0) is 50.6 Å². The Morgan fingerprint density at radius 1 is 1.28 bits per heavy atom. The molecule has 128 valence electrons. The van der Waals surface area contributed by atoms with Crippen LogP contribution in [0.4, 0.5) is 5.95 Å². The summed E-state index contributed by atoms with van der Waals surface area (Å²) >= 11 is 0. The van der Waals surface area contributed by atoms with Gasteiger partial charge in [0.2, 0.25) is 5.95 Å². The van der Waals surface area contributed by atoms with E-state index in [4.69, 9.17) is 0 Å². The molecule has 1 atom stereocenters. The zero-order valence-corrected chi connectivity index (χ0v) is 14.3. The van der Waals surface area contributed by atoms with Crippen molar-refractivity contribution in [1.82, 2.24) is 14.9 Å². The molecule has 25 heavy (non-hydrogen) atoms. The molecule has 5 nitrogen and oxygen atoms in total. The molecule has 1 aliphatic heterocycles. The van der Waals surface area contributed by atoms with E-state index in [9.17, 15) is 4.79 Å². The summed E-state index contributed by atoms with van der Waals surface area (Å²) in [6.07, 6.45) is 2.35. The summed E-state index contributed by atoms with van der Waals surface area (Å²) in [6.45, 7) is 3.85. The molecular formula is C20H22N4O. The largest absolute Gasteiger partial charge is 0.312 e. The van der Waals surface area contributed by atoms with Crippen LogP contribution in [0.15, 0.2) is 48.5 Å². The maximum atomic E-state index is 12.7. The molecule has 2 heterocycles.